The van der Waals surface area contributed by atoms with E-state index in [1.54, 1.807) is 0 Å². The molecule has 0 amide bonds. The molecule has 2 heteroatoms. The zero-order valence-electron chi connectivity index (χ0n) is 5.64. The number of hydrogen-bond donors (Lipinski definition) is 0. The van der Waals surface area contributed by atoms with Crippen LogP contribution in [0.3, 0.4) is 0 Å². The summed E-state index contributed by atoms with van der Waals surface area (Å²) in [7, 11) is 0. The topological polar surface area (TPSA) is 0 Å². The van der Waals surface area contributed by atoms with Crippen LogP contribution >= 0.6 is 34.0 Å². The van der Waals surface area contributed by atoms with E-state index in [0.29, 0.717) is 0 Å². The van der Waals surface area contributed by atoms with Crippen LogP contribution in [-0.4, -0.2) is 0 Å². The van der Waals surface area contributed by atoms with Crippen molar-refractivity contribution in [1.82, 2.24) is 0 Å². The molecule has 0 saturated heterocycles. The third kappa shape index (κ3) is 118. The van der Waals surface area contributed by atoms with Crippen molar-refractivity contribution in [3.05, 3.63) is 0 Å². The summed E-state index contributed by atoms with van der Waals surface area (Å²) < 4.78 is 0. The zero-order valence-corrected chi connectivity index (χ0v) is 9.07. The van der Waals surface area contributed by atoms with Crippen LogP contribution in [-0.2, 0) is 0 Å². The molecule has 0 N–H and O–H groups in total. The Bertz CT molecular complexity index is 20.3. The van der Waals surface area contributed by atoms with E-state index < -0.39 is 0 Å². The van der Waals surface area contributed by atoms with E-state index >= 15 is 0 Å². The molecule has 0 aromatic heterocycles. The van der Waals surface area contributed by atoms with E-state index in [1.165, 1.54) is 25.7 Å². The van der Waals surface area contributed by atoms with Gasteiger partial charge in [-0.1, -0.05) is 84.1 Å². The van der Waals surface area contributed by atoms with Crippen LogP contribution in [0.15, 0.2) is 0 Å². The van der Waals surface area contributed by atoms with Gasteiger partial charge in [0.05, 0.1) is 0 Å². The summed E-state index contributed by atoms with van der Waals surface area (Å²) in [5.74, 6) is 0. The van der Waals surface area contributed by atoms with Gasteiger partial charge in [0.15, 0.2) is 0 Å². The molecule has 0 spiro atoms. The molecule has 0 rings (SSSR count). The van der Waals surface area contributed by atoms with Gasteiger partial charge in [-0.3, -0.25) is 0 Å². The van der Waals surface area contributed by atoms with E-state index in [4.69, 9.17) is 0 Å². The lowest BCUT2D eigenvalue weighted by Gasteiger charge is -1.86. The minimum atomic E-state index is 0. The van der Waals surface area contributed by atoms with Gasteiger partial charge in [0.2, 0.25) is 0 Å². The molecule has 14 heavy (non-hydrogen) atoms. The van der Waals surface area contributed by atoms with Gasteiger partial charge in [-0.05, 0) is 0 Å². The quantitative estimate of drug-likeness (QED) is 0.463. The first-order valence-corrected chi connectivity index (χ1v) is 2.91. The van der Waals surface area contributed by atoms with Crippen molar-refractivity contribution in [3.8, 4) is 0 Å². The molecule has 0 aliphatic heterocycles. The van der Waals surface area contributed by atoms with E-state index in [9.17, 15) is 0 Å². The van der Waals surface area contributed by atoms with E-state index in [2.05, 4.69) is 13.8 Å². The first kappa shape index (κ1) is 82.1. The highest BCUT2D eigenvalue weighted by Crippen LogP contribution is 1.95. The molecule has 0 aromatic carbocycles. The maximum absolute atomic E-state index is 2.23. The Labute approximate surface area is 118 Å². The van der Waals surface area contributed by atoms with Crippen LogP contribution in [0.1, 0.15) is 84.1 Å². The van der Waals surface area contributed by atoms with Crippen LogP contribution in [0.2, 0.25) is 0 Å². The van der Waals surface area contributed by atoms with Gasteiger partial charge in [0.1, 0.15) is 0 Å². The Kier molecular flexibility index (Phi) is 559. The molecule has 0 nitrogen and oxygen atoms in total. The summed E-state index contributed by atoms with van der Waals surface area (Å²) in [6.45, 7) is 4.46. The normalized spacial score (nSPS) is 3.86. The zero-order chi connectivity index (χ0) is 4.83. The van der Waals surface area contributed by atoms with Crippen molar-refractivity contribution in [3.63, 3.8) is 0 Å². The van der Waals surface area contributed by atoms with Crippen LogP contribution < -0.4 is 0 Å². The van der Waals surface area contributed by atoms with Gasteiger partial charge in [-0.15, -0.1) is 34.0 Å². The number of rotatable bonds is 3. The molecule has 0 heterocycles. The highest BCUT2D eigenvalue weighted by Gasteiger charge is 1.75. The molecule has 0 radical (unpaired) electrons. The van der Waals surface area contributed by atoms with Gasteiger partial charge in [0.25, 0.3) is 0 Å². The second kappa shape index (κ2) is 95.3. The summed E-state index contributed by atoms with van der Waals surface area (Å²) in [6, 6.07) is 0. The van der Waals surface area contributed by atoms with Gasteiger partial charge in [-0.2, -0.15) is 0 Å². The molecule has 0 atom stereocenters. The van der Waals surface area contributed by atoms with Crippen molar-refractivity contribution >= 4 is 34.0 Å². The molecule has 102 valence electrons. The van der Waals surface area contributed by atoms with Crippen molar-refractivity contribution in [1.29, 1.82) is 0 Å². The Morgan fingerprint density at radius 2 is 0.643 bits per heavy atom. The Balaban J connectivity index is -0.00000000446. The van der Waals surface area contributed by atoms with Crippen molar-refractivity contribution in [2.75, 3.05) is 0 Å². The lowest BCUT2D eigenvalue weighted by Crippen LogP contribution is -1.66. The summed E-state index contributed by atoms with van der Waals surface area (Å²) in [6.07, 6.45) is 5.54. The van der Waals surface area contributed by atoms with Crippen LogP contribution in [0, 0.1) is 0 Å². The fraction of sp³-hybridized carbons (Fsp3) is 1.00. The number of halogens is 2. The van der Waals surface area contributed by atoms with Gasteiger partial charge in [-0.25, -0.2) is 0 Å². The van der Waals surface area contributed by atoms with Crippen LogP contribution in [0.4, 0.5) is 0 Å². The Hall–Kier alpha value is 0.960. The predicted molar refractivity (Wildman–Crippen MR) is 90.8 cm³/mol. The van der Waals surface area contributed by atoms with Crippen molar-refractivity contribution in [2.45, 2.75) is 84.1 Å². The molecule has 0 saturated carbocycles. The number of hydrogen-bond acceptors (Lipinski definition) is 0. The number of unbranched alkanes of at least 4 members (excludes halogenated alkanes) is 3. The smallest absolute Gasteiger partial charge is 0.0536 e. The average Bonchev–Trinajstić information content (AvgIpc) is 1.61. The molecule has 0 aromatic rings. The maximum atomic E-state index is 2.23. The maximum Gasteiger partial charge on any atom is -0.0536 e. The van der Waals surface area contributed by atoms with E-state index in [0.717, 1.165) is 0 Å². The molecule has 0 unspecified atom stereocenters. The molecule has 0 aliphatic carbocycles. The highest BCUT2D eigenvalue weighted by atomic mass is 79.9. The largest absolute Gasteiger partial charge is 0.114 e. The molecular weight excluding hydrogens is 304 g/mol. The Morgan fingerprint density at radius 1 is 0.500 bits per heavy atom. The first-order valence-electron chi connectivity index (χ1n) is 2.91. The van der Waals surface area contributed by atoms with Crippen LogP contribution in [0.5, 0.6) is 0 Å². The van der Waals surface area contributed by atoms with Gasteiger partial charge >= 0.3 is 0 Å². The fourth-order valence-electron chi connectivity index (χ4n) is 0.500. The average molecular weight is 344 g/mol. The van der Waals surface area contributed by atoms with Gasteiger partial charge < -0.3 is 0 Å². The first-order chi connectivity index (χ1) is 2.91. The lowest BCUT2D eigenvalue weighted by molar-refractivity contribution is 0.702. The Morgan fingerprint density at radius 3 is 0.714 bits per heavy atom. The molecule has 0 aliphatic rings. The fourth-order valence-corrected chi connectivity index (χ4v) is 0.500. The van der Waals surface area contributed by atoms with E-state index in [1.807, 2.05) is 0 Å². The third-order valence-electron chi connectivity index (χ3n) is 0.957. The van der Waals surface area contributed by atoms with E-state index in [-0.39, 0.29) is 78.5 Å². The standard InChI is InChI=1S/C6H14.6CH4.2BrH/c1-3-5-6-4-2;;;;;;;;/h3-6H2,1-2H3;6*1H4;2*1H. The molecule has 0 bridgehead atoms. The van der Waals surface area contributed by atoms with Crippen LogP contribution in [0.25, 0.3) is 0 Å². The SMILES string of the molecule is Br.Br.C.C.C.C.C.C.CCCCCC. The minimum Gasteiger partial charge on any atom is -0.114 e. The monoisotopic (exact) mass is 342 g/mol. The summed E-state index contributed by atoms with van der Waals surface area (Å²) in [5, 5.41) is 0. The van der Waals surface area contributed by atoms with Crippen molar-refractivity contribution in [2.24, 2.45) is 0 Å². The predicted octanol–water partition coefficient (Wildman–Crippen LogP) is 7.56. The third-order valence-corrected chi connectivity index (χ3v) is 0.957. The summed E-state index contributed by atoms with van der Waals surface area (Å²) in [5.41, 5.74) is 0. The second-order valence-corrected chi connectivity index (χ2v) is 1.71. The summed E-state index contributed by atoms with van der Waals surface area (Å²) in [4.78, 5) is 0. The van der Waals surface area contributed by atoms with Gasteiger partial charge in [0, 0.05) is 0 Å². The lowest BCUT2D eigenvalue weighted by atomic mass is 10.2. The second-order valence-electron chi connectivity index (χ2n) is 1.71. The minimum absolute atomic E-state index is 0. The van der Waals surface area contributed by atoms with Crippen molar-refractivity contribution < 1.29 is 0 Å². The summed E-state index contributed by atoms with van der Waals surface area (Å²) >= 11 is 0. The molecule has 0 fully saturated rings. The molecular formula is C12H40Br2. The highest BCUT2D eigenvalue weighted by molar-refractivity contribution is 8.93.